The van der Waals surface area contributed by atoms with Gasteiger partial charge in [0.2, 0.25) is 0 Å². The number of hydrogen-bond donors (Lipinski definition) is 1. The summed E-state index contributed by atoms with van der Waals surface area (Å²) in [6, 6.07) is 10.2. The Kier molecular flexibility index (Phi) is 4.87. The standard InChI is InChI=1S/C14H19N3OS/c1-12-16-11-14(10-15-8-9-19(2)18)17(12)13-6-4-3-5-7-13/h3-7,11,15H,8-10H2,1-2H3/t19-/m0/s1. The summed E-state index contributed by atoms with van der Waals surface area (Å²) >= 11 is 0. The van der Waals surface area contributed by atoms with Crippen molar-refractivity contribution in [3.8, 4) is 5.69 Å². The highest BCUT2D eigenvalue weighted by atomic mass is 32.2. The lowest BCUT2D eigenvalue weighted by Crippen LogP contribution is -2.21. The first kappa shape index (κ1) is 14.0. The van der Waals surface area contributed by atoms with E-state index in [1.54, 1.807) is 6.26 Å². The molecule has 0 aliphatic carbocycles. The van der Waals surface area contributed by atoms with Gasteiger partial charge < -0.3 is 5.32 Å². The zero-order chi connectivity index (χ0) is 13.7. The summed E-state index contributed by atoms with van der Waals surface area (Å²) in [5.74, 6) is 1.65. The van der Waals surface area contributed by atoms with Crippen molar-refractivity contribution in [1.29, 1.82) is 0 Å². The maximum Gasteiger partial charge on any atom is 0.110 e. The number of nitrogens with one attached hydrogen (secondary N) is 1. The maximum atomic E-state index is 11.0. The Morgan fingerprint density at radius 3 is 2.74 bits per heavy atom. The molecule has 0 spiro atoms. The van der Waals surface area contributed by atoms with Crippen molar-refractivity contribution in [2.75, 3.05) is 18.6 Å². The number of aromatic nitrogens is 2. The number of benzene rings is 1. The average Bonchev–Trinajstić information content (AvgIpc) is 2.77. The minimum absolute atomic E-state index is 0.679. The molecule has 5 heteroatoms. The molecule has 2 rings (SSSR count). The Hall–Kier alpha value is -1.46. The lowest BCUT2D eigenvalue weighted by Gasteiger charge is -2.10. The highest BCUT2D eigenvalue weighted by molar-refractivity contribution is 7.84. The normalized spacial score (nSPS) is 12.5. The summed E-state index contributed by atoms with van der Waals surface area (Å²) < 4.78 is 13.1. The molecule has 102 valence electrons. The predicted molar refractivity (Wildman–Crippen MR) is 78.9 cm³/mol. The van der Waals surface area contributed by atoms with Gasteiger partial charge in [-0.2, -0.15) is 0 Å². The Morgan fingerprint density at radius 2 is 2.05 bits per heavy atom. The summed E-state index contributed by atoms with van der Waals surface area (Å²) in [6.45, 7) is 3.48. The zero-order valence-corrected chi connectivity index (χ0v) is 12.1. The highest BCUT2D eigenvalue weighted by Crippen LogP contribution is 2.14. The third-order valence-corrected chi connectivity index (χ3v) is 3.68. The average molecular weight is 277 g/mol. The second-order valence-corrected chi connectivity index (χ2v) is 5.98. The number of imidazole rings is 1. The first-order valence-corrected chi connectivity index (χ1v) is 8.00. The third kappa shape index (κ3) is 3.75. The van der Waals surface area contributed by atoms with Crippen LogP contribution in [0.1, 0.15) is 11.5 Å². The molecule has 0 amide bonds. The Labute approximate surface area is 116 Å². The number of rotatable bonds is 6. The summed E-state index contributed by atoms with van der Waals surface area (Å²) in [7, 11) is -0.744. The molecule has 2 aromatic rings. The van der Waals surface area contributed by atoms with Gasteiger partial charge >= 0.3 is 0 Å². The van der Waals surface area contributed by atoms with Crippen LogP contribution < -0.4 is 5.32 Å². The first-order valence-electron chi connectivity index (χ1n) is 6.28. The third-order valence-electron chi connectivity index (χ3n) is 2.90. The van der Waals surface area contributed by atoms with Gasteiger partial charge in [0.15, 0.2) is 0 Å². The van der Waals surface area contributed by atoms with Crippen LogP contribution in [-0.2, 0) is 17.3 Å². The number of nitrogens with zero attached hydrogens (tertiary/aromatic N) is 2. The van der Waals surface area contributed by atoms with Crippen LogP contribution in [0.3, 0.4) is 0 Å². The number of aryl methyl sites for hydroxylation is 1. The van der Waals surface area contributed by atoms with E-state index < -0.39 is 10.8 Å². The summed E-state index contributed by atoms with van der Waals surface area (Å²) in [6.07, 6.45) is 3.61. The molecular formula is C14H19N3OS. The quantitative estimate of drug-likeness (QED) is 0.817. The summed E-state index contributed by atoms with van der Waals surface area (Å²) in [5, 5.41) is 3.30. The maximum absolute atomic E-state index is 11.0. The topological polar surface area (TPSA) is 46.9 Å². The van der Waals surface area contributed by atoms with E-state index in [9.17, 15) is 4.21 Å². The molecule has 0 aliphatic rings. The van der Waals surface area contributed by atoms with E-state index in [0.29, 0.717) is 5.75 Å². The molecule has 0 radical (unpaired) electrons. The smallest absolute Gasteiger partial charge is 0.110 e. The monoisotopic (exact) mass is 277 g/mol. The van der Waals surface area contributed by atoms with Crippen LogP contribution in [-0.4, -0.2) is 32.3 Å². The largest absolute Gasteiger partial charge is 0.310 e. The molecule has 1 heterocycles. The van der Waals surface area contributed by atoms with Crippen LogP contribution >= 0.6 is 0 Å². The van der Waals surface area contributed by atoms with Gasteiger partial charge in [-0.15, -0.1) is 0 Å². The van der Waals surface area contributed by atoms with Crippen LogP contribution in [0.15, 0.2) is 36.5 Å². The second kappa shape index (κ2) is 6.63. The SMILES string of the molecule is Cc1ncc(CNCC[S@](C)=O)n1-c1ccccc1. The van der Waals surface area contributed by atoms with Gasteiger partial charge in [-0.1, -0.05) is 18.2 Å². The van der Waals surface area contributed by atoms with Crippen molar-refractivity contribution < 1.29 is 4.21 Å². The minimum Gasteiger partial charge on any atom is -0.310 e. The van der Waals surface area contributed by atoms with E-state index >= 15 is 0 Å². The highest BCUT2D eigenvalue weighted by Gasteiger charge is 2.07. The van der Waals surface area contributed by atoms with E-state index in [-0.39, 0.29) is 0 Å². The summed E-state index contributed by atoms with van der Waals surface area (Å²) in [4.78, 5) is 4.37. The van der Waals surface area contributed by atoms with Gasteiger partial charge in [-0.25, -0.2) is 4.98 Å². The van der Waals surface area contributed by atoms with E-state index in [1.165, 1.54) is 0 Å². The number of hydrogen-bond acceptors (Lipinski definition) is 3. The fraction of sp³-hybridized carbons (Fsp3) is 0.357. The van der Waals surface area contributed by atoms with Crippen molar-refractivity contribution in [2.24, 2.45) is 0 Å². The van der Waals surface area contributed by atoms with Gasteiger partial charge in [0, 0.05) is 41.6 Å². The predicted octanol–water partition coefficient (Wildman–Crippen LogP) is 1.65. The van der Waals surface area contributed by atoms with Gasteiger partial charge in [0.1, 0.15) is 5.82 Å². The molecule has 0 aliphatic heterocycles. The molecule has 19 heavy (non-hydrogen) atoms. The minimum atomic E-state index is -0.744. The molecule has 0 saturated carbocycles. The molecule has 1 N–H and O–H groups in total. The molecule has 1 aromatic carbocycles. The van der Waals surface area contributed by atoms with Gasteiger partial charge in [0.25, 0.3) is 0 Å². The van der Waals surface area contributed by atoms with Crippen molar-refractivity contribution in [3.05, 3.63) is 48.0 Å². The van der Waals surface area contributed by atoms with Crippen LogP contribution in [0.2, 0.25) is 0 Å². The molecule has 0 fully saturated rings. The molecule has 0 bridgehead atoms. The molecule has 0 unspecified atom stereocenters. The zero-order valence-electron chi connectivity index (χ0n) is 11.3. The van der Waals surface area contributed by atoms with Crippen molar-refractivity contribution in [2.45, 2.75) is 13.5 Å². The first-order chi connectivity index (χ1) is 9.18. The molecule has 4 nitrogen and oxygen atoms in total. The van der Waals surface area contributed by atoms with E-state index in [2.05, 4.69) is 27.0 Å². The lowest BCUT2D eigenvalue weighted by atomic mass is 10.3. The summed E-state index contributed by atoms with van der Waals surface area (Å²) in [5.41, 5.74) is 2.24. The number of para-hydroxylation sites is 1. The van der Waals surface area contributed by atoms with Gasteiger partial charge in [0.05, 0.1) is 11.9 Å². The van der Waals surface area contributed by atoms with Gasteiger partial charge in [-0.05, 0) is 19.1 Å². The van der Waals surface area contributed by atoms with Crippen molar-refractivity contribution in [3.63, 3.8) is 0 Å². The van der Waals surface area contributed by atoms with Crippen molar-refractivity contribution >= 4 is 10.8 Å². The molecular weight excluding hydrogens is 258 g/mol. The second-order valence-electron chi connectivity index (χ2n) is 4.42. The van der Waals surface area contributed by atoms with E-state index in [0.717, 1.165) is 30.3 Å². The molecule has 1 aromatic heterocycles. The molecule has 0 saturated heterocycles. The Morgan fingerprint density at radius 1 is 1.32 bits per heavy atom. The van der Waals surface area contributed by atoms with Crippen LogP contribution in [0.25, 0.3) is 5.69 Å². The van der Waals surface area contributed by atoms with Crippen molar-refractivity contribution in [1.82, 2.24) is 14.9 Å². The fourth-order valence-electron chi connectivity index (χ4n) is 1.98. The fourth-order valence-corrected chi connectivity index (χ4v) is 2.41. The Balaban J connectivity index is 2.08. The van der Waals surface area contributed by atoms with Crippen LogP contribution in [0.5, 0.6) is 0 Å². The van der Waals surface area contributed by atoms with E-state index in [1.807, 2.05) is 31.3 Å². The van der Waals surface area contributed by atoms with Crippen LogP contribution in [0.4, 0.5) is 0 Å². The lowest BCUT2D eigenvalue weighted by molar-refractivity contribution is 0.670. The van der Waals surface area contributed by atoms with E-state index in [4.69, 9.17) is 0 Å². The van der Waals surface area contributed by atoms with Crippen LogP contribution in [0, 0.1) is 6.92 Å². The Bertz CT molecular complexity index is 551. The molecule has 1 atom stereocenters. The van der Waals surface area contributed by atoms with Gasteiger partial charge in [-0.3, -0.25) is 8.78 Å².